The van der Waals surface area contributed by atoms with Gasteiger partial charge in [0.25, 0.3) is 11.8 Å². The van der Waals surface area contributed by atoms with Crippen LogP contribution in [0, 0.1) is 6.92 Å². The number of benzene rings is 2. The van der Waals surface area contributed by atoms with Crippen LogP contribution < -0.4 is 5.32 Å². The van der Waals surface area contributed by atoms with E-state index in [1.165, 1.54) is 4.90 Å². The third kappa shape index (κ3) is 4.91. The van der Waals surface area contributed by atoms with Gasteiger partial charge in [0.15, 0.2) is 6.61 Å². The number of imide groups is 1. The molecule has 0 bridgehead atoms. The summed E-state index contributed by atoms with van der Waals surface area (Å²) in [7, 11) is 1.61. The Balaban J connectivity index is 1.53. The van der Waals surface area contributed by atoms with Crippen molar-refractivity contribution in [2.24, 2.45) is 0 Å². The molecule has 4 amide bonds. The van der Waals surface area contributed by atoms with Crippen LogP contribution in [0.5, 0.6) is 0 Å². The van der Waals surface area contributed by atoms with Gasteiger partial charge >= 0.3 is 12.0 Å². The molecule has 1 aliphatic rings. The minimum atomic E-state index is -1.26. The summed E-state index contributed by atoms with van der Waals surface area (Å²) in [6.07, 6.45) is 0. The van der Waals surface area contributed by atoms with E-state index in [0.717, 1.165) is 16.0 Å². The summed E-state index contributed by atoms with van der Waals surface area (Å²) in [4.78, 5) is 51.8. The highest BCUT2D eigenvalue weighted by molar-refractivity contribution is 6.08. The Morgan fingerprint density at radius 1 is 1.06 bits per heavy atom. The average molecular weight is 423 g/mol. The Morgan fingerprint density at radius 3 is 2.35 bits per heavy atom. The summed E-state index contributed by atoms with van der Waals surface area (Å²) in [5.41, 5.74) is 1.42. The van der Waals surface area contributed by atoms with Gasteiger partial charge in [-0.3, -0.25) is 19.3 Å². The maximum atomic E-state index is 12.8. The van der Waals surface area contributed by atoms with E-state index in [9.17, 15) is 19.2 Å². The van der Waals surface area contributed by atoms with Crippen LogP contribution in [-0.2, 0) is 31.2 Å². The van der Waals surface area contributed by atoms with Gasteiger partial charge in [-0.25, -0.2) is 4.79 Å². The van der Waals surface area contributed by atoms with Crippen molar-refractivity contribution in [3.8, 4) is 0 Å². The van der Waals surface area contributed by atoms with Crippen LogP contribution in [0.4, 0.5) is 4.79 Å². The molecular formula is C23H25N3O5. The molecule has 0 spiro atoms. The number of likely N-dealkylation sites (N-methyl/N-ethyl adjacent to an activating group) is 1. The molecule has 1 N–H and O–H groups in total. The van der Waals surface area contributed by atoms with Crippen molar-refractivity contribution in [1.29, 1.82) is 0 Å². The van der Waals surface area contributed by atoms with Crippen molar-refractivity contribution in [3.63, 3.8) is 0 Å². The summed E-state index contributed by atoms with van der Waals surface area (Å²) in [5.74, 6) is -1.78. The number of urea groups is 1. The monoisotopic (exact) mass is 423 g/mol. The van der Waals surface area contributed by atoms with Crippen molar-refractivity contribution in [3.05, 3.63) is 71.3 Å². The number of amides is 4. The van der Waals surface area contributed by atoms with E-state index in [1.54, 1.807) is 44.3 Å². The van der Waals surface area contributed by atoms with Crippen LogP contribution in [0.15, 0.2) is 54.6 Å². The van der Waals surface area contributed by atoms with Crippen molar-refractivity contribution < 1.29 is 23.9 Å². The number of esters is 1. The van der Waals surface area contributed by atoms with Crippen molar-refractivity contribution in [1.82, 2.24) is 15.1 Å². The molecule has 0 aromatic heterocycles. The standard InChI is InChI=1S/C23H25N3O5/c1-16-9-11-17(12-10-16)13-25(3)19(27)15-31-20(28)14-26-21(29)23(2,24-22(26)30)18-7-5-4-6-8-18/h4-12H,13-15H2,1-3H3,(H,24,30)/t23-/m1/s1. The molecule has 1 aliphatic heterocycles. The summed E-state index contributed by atoms with van der Waals surface area (Å²) in [5, 5.41) is 2.62. The minimum Gasteiger partial charge on any atom is -0.454 e. The Kier molecular flexibility index (Phi) is 6.39. The summed E-state index contributed by atoms with van der Waals surface area (Å²) >= 11 is 0. The number of aryl methyl sites for hydroxylation is 1. The van der Waals surface area contributed by atoms with E-state index >= 15 is 0 Å². The molecule has 0 saturated carbocycles. The number of carbonyl (C=O) groups is 4. The van der Waals surface area contributed by atoms with Crippen LogP contribution in [0.1, 0.15) is 23.6 Å². The molecule has 2 aromatic rings. The first kappa shape index (κ1) is 22.0. The zero-order valence-electron chi connectivity index (χ0n) is 17.8. The molecule has 1 fully saturated rings. The maximum Gasteiger partial charge on any atom is 0.326 e. The third-order valence-electron chi connectivity index (χ3n) is 5.24. The molecule has 3 rings (SSSR count). The largest absolute Gasteiger partial charge is 0.454 e. The fourth-order valence-corrected chi connectivity index (χ4v) is 3.29. The second kappa shape index (κ2) is 8.99. The molecule has 31 heavy (non-hydrogen) atoms. The zero-order chi connectivity index (χ0) is 22.6. The van der Waals surface area contributed by atoms with Gasteiger partial charge in [0.05, 0.1) is 0 Å². The Morgan fingerprint density at radius 2 is 1.71 bits per heavy atom. The van der Waals surface area contributed by atoms with Crippen molar-refractivity contribution in [2.45, 2.75) is 25.9 Å². The van der Waals surface area contributed by atoms with Gasteiger partial charge in [0, 0.05) is 13.6 Å². The van der Waals surface area contributed by atoms with E-state index in [-0.39, 0.29) is 5.91 Å². The Labute approximate surface area is 180 Å². The van der Waals surface area contributed by atoms with Gasteiger partial charge in [-0.1, -0.05) is 60.2 Å². The number of carbonyl (C=O) groups excluding carboxylic acids is 4. The summed E-state index contributed by atoms with van der Waals surface area (Å²) in [6.45, 7) is 2.89. The average Bonchev–Trinajstić information content (AvgIpc) is 2.98. The van der Waals surface area contributed by atoms with E-state index in [4.69, 9.17) is 4.74 Å². The fraction of sp³-hybridized carbons (Fsp3) is 0.304. The lowest BCUT2D eigenvalue weighted by molar-refractivity contribution is -0.153. The first-order valence-corrected chi connectivity index (χ1v) is 9.85. The first-order valence-electron chi connectivity index (χ1n) is 9.85. The smallest absolute Gasteiger partial charge is 0.326 e. The highest BCUT2D eigenvalue weighted by Crippen LogP contribution is 2.28. The predicted octanol–water partition coefficient (Wildman–Crippen LogP) is 1.96. The predicted molar refractivity (Wildman–Crippen MR) is 113 cm³/mol. The van der Waals surface area contributed by atoms with Gasteiger partial charge < -0.3 is 15.0 Å². The molecule has 0 aliphatic carbocycles. The molecular weight excluding hydrogens is 398 g/mol. The highest BCUT2D eigenvalue weighted by atomic mass is 16.5. The van der Waals surface area contributed by atoms with E-state index < -0.39 is 36.6 Å². The van der Waals surface area contributed by atoms with E-state index in [1.807, 2.05) is 31.2 Å². The van der Waals surface area contributed by atoms with Crippen LogP contribution in [-0.4, -0.2) is 53.8 Å². The molecule has 0 radical (unpaired) electrons. The quantitative estimate of drug-likeness (QED) is 0.543. The highest BCUT2D eigenvalue weighted by Gasteiger charge is 2.49. The van der Waals surface area contributed by atoms with Crippen LogP contribution in [0.2, 0.25) is 0 Å². The molecule has 2 aromatic carbocycles. The second-order valence-corrected chi connectivity index (χ2v) is 7.71. The molecule has 1 saturated heterocycles. The molecule has 0 unspecified atom stereocenters. The topological polar surface area (TPSA) is 96.0 Å². The number of rotatable bonds is 7. The molecule has 162 valence electrons. The SMILES string of the molecule is Cc1ccc(CN(C)C(=O)COC(=O)CN2C(=O)N[C@](C)(c3ccccc3)C2=O)cc1. The van der Waals surface area contributed by atoms with Crippen LogP contribution >= 0.6 is 0 Å². The van der Waals surface area contributed by atoms with Gasteiger partial charge in [0.2, 0.25) is 0 Å². The molecule has 1 heterocycles. The zero-order valence-corrected chi connectivity index (χ0v) is 17.8. The Hall–Kier alpha value is -3.68. The van der Waals surface area contributed by atoms with Gasteiger partial charge in [0.1, 0.15) is 12.1 Å². The normalized spacial score (nSPS) is 18.0. The lowest BCUT2D eigenvalue weighted by atomic mass is 9.92. The van der Waals surface area contributed by atoms with E-state index in [0.29, 0.717) is 12.1 Å². The maximum absolute atomic E-state index is 12.8. The van der Waals surface area contributed by atoms with Crippen molar-refractivity contribution in [2.75, 3.05) is 20.2 Å². The third-order valence-corrected chi connectivity index (χ3v) is 5.24. The summed E-state index contributed by atoms with van der Waals surface area (Å²) < 4.78 is 5.01. The Bertz CT molecular complexity index is 990. The van der Waals surface area contributed by atoms with Gasteiger partial charge in [-0.2, -0.15) is 0 Å². The van der Waals surface area contributed by atoms with Crippen molar-refractivity contribution >= 4 is 23.8 Å². The number of nitrogens with zero attached hydrogens (tertiary/aromatic N) is 2. The first-order chi connectivity index (χ1) is 14.7. The molecule has 8 nitrogen and oxygen atoms in total. The minimum absolute atomic E-state index is 0.374. The van der Waals surface area contributed by atoms with E-state index in [2.05, 4.69) is 5.32 Å². The fourth-order valence-electron chi connectivity index (χ4n) is 3.29. The van der Waals surface area contributed by atoms with Gasteiger partial charge in [-0.15, -0.1) is 0 Å². The lowest BCUT2D eigenvalue weighted by Gasteiger charge is -2.22. The lowest BCUT2D eigenvalue weighted by Crippen LogP contribution is -2.42. The second-order valence-electron chi connectivity index (χ2n) is 7.71. The number of hydrogen-bond acceptors (Lipinski definition) is 5. The molecule has 8 heteroatoms. The summed E-state index contributed by atoms with van der Waals surface area (Å²) in [6, 6.07) is 15.8. The number of nitrogens with one attached hydrogen (secondary N) is 1. The van der Waals surface area contributed by atoms with Gasteiger partial charge in [-0.05, 0) is 25.0 Å². The molecule has 1 atom stereocenters. The van der Waals surface area contributed by atoms with Crippen LogP contribution in [0.3, 0.4) is 0 Å². The van der Waals surface area contributed by atoms with Crippen LogP contribution in [0.25, 0.3) is 0 Å². The number of ether oxygens (including phenoxy) is 1. The number of hydrogen-bond donors (Lipinski definition) is 1.